The molecule has 3 aromatic carbocycles. The first-order valence-electron chi connectivity index (χ1n) is 24.9. The monoisotopic (exact) mass is 1070 g/mol. The molecule has 4 rings (SSSR count). The number of aromatic hydroxyl groups is 2. The van der Waals surface area contributed by atoms with E-state index in [1.807, 2.05) is 18.2 Å². The number of hydrogen-bond donors (Lipinski definition) is 16. The molecule has 0 aliphatic heterocycles. The first kappa shape index (κ1) is 60.5. The van der Waals surface area contributed by atoms with Gasteiger partial charge in [0, 0.05) is 62.9 Å². The number of nitrogens with one attached hydrogen (secondary N) is 7. The van der Waals surface area contributed by atoms with Crippen molar-refractivity contribution in [1.29, 1.82) is 0 Å². The van der Waals surface area contributed by atoms with Crippen molar-refractivity contribution < 1.29 is 43.8 Å². The zero-order chi connectivity index (χ0) is 56.8. The maximum atomic E-state index is 14.9. The molecule has 23 N–H and O–H groups in total. The smallest absolute Gasteiger partial charge is 0.243 e. The Balaban J connectivity index is 1.75. The molecule has 0 radical (unpaired) electrons. The number of carbonyl (C=O) groups excluding carboxylic acids is 7. The average molecular weight is 1070 g/mol. The molecular weight excluding hydrogens is 995 g/mol. The van der Waals surface area contributed by atoms with Gasteiger partial charge in [-0.05, 0) is 111 Å². The summed E-state index contributed by atoms with van der Waals surface area (Å²) in [5, 5.41) is 37.5. The highest BCUT2D eigenvalue weighted by molar-refractivity contribution is 5.97. The van der Waals surface area contributed by atoms with Gasteiger partial charge in [-0.2, -0.15) is 0 Å². The first-order chi connectivity index (χ1) is 36.5. The zero-order valence-electron chi connectivity index (χ0n) is 43.4. The maximum absolute atomic E-state index is 14.9. The van der Waals surface area contributed by atoms with Gasteiger partial charge >= 0.3 is 0 Å². The fourth-order valence-corrected chi connectivity index (χ4v) is 8.45. The van der Waals surface area contributed by atoms with Gasteiger partial charge in [-0.3, -0.25) is 48.5 Å². The molecule has 0 fully saturated rings. The Kier molecular flexibility index (Phi) is 23.3. The van der Waals surface area contributed by atoms with E-state index in [9.17, 15) is 43.8 Å². The number of phenols is 2. The Hall–Kier alpha value is -9.10. The molecule has 0 saturated carbocycles. The Morgan fingerprint density at radius 2 is 0.935 bits per heavy atom. The number of aromatic amines is 1. The van der Waals surface area contributed by atoms with Crippen LogP contribution in [0.3, 0.4) is 0 Å². The summed E-state index contributed by atoms with van der Waals surface area (Å²) in [5.41, 5.74) is 42.3. The van der Waals surface area contributed by atoms with Crippen molar-refractivity contribution in [3.8, 4) is 11.5 Å². The molecule has 6 atom stereocenters. The number of para-hydroxylation sites is 1. The molecule has 0 aliphatic carbocycles. The van der Waals surface area contributed by atoms with Crippen LogP contribution in [0.15, 0.2) is 81.8 Å². The van der Waals surface area contributed by atoms with Crippen molar-refractivity contribution in [3.05, 3.63) is 94.7 Å². The maximum Gasteiger partial charge on any atom is 0.243 e. The summed E-state index contributed by atoms with van der Waals surface area (Å²) in [4.78, 5) is 113. The number of guanidine groups is 3. The molecule has 0 spiro atoms. The lowest BCUT2D eigenvalue weighted by Crippen LogP contribution is -2.60. The van der Waals surface area contributed by atoms with Gasteiger partial charge in [-0.1, -0.05) is 30.3 Å². The minimum atomic E-state index is -1.48. The second-order valence-corrected chi connectivity index (χ2v) is 18.5. The number of aromatic nitrogens is 1. The predicted octanol–water partition coefficient (Wildman–Crippen LogP) is -2.20. The molecule has 1 heterocycles. The third-order valence-electron chi connectivity index (χ3n) is 12.3. The number of rotatable bonds is 30. The summed E-state index contributed by atoms with van der Waals surface area (Å²) in [5.74, 6) is -6.12. The molecule has 0 saturated heterocycles. The van der Waals surface area contributed by atoms with Crippen LogP contribution in [0, 0.1) is 13.8 Å². The van der Waals surface area contributed by atoms with Crippen LogP contribution in [0.2, 0.25) is 0 Å². The van der Waals surface area contributed by atoms with Gasteiger partial charge in [0.15, 0.2) is 17.9 Å². The topological polar surface area (TPSA) is 467 Å². The second-order valence-electron chi connectivity index (χ2n) is 18.5. The van der Waals surface area contributed by atoms with Gasteiger partial charge in [0.05, 0.1) is 0 Å². The average Bonchev–Trinajstić information content (AvgIpc) is 3.76. The van der Waals surface area contributed by atoms with E-state index >= 15 is 0 Å². The molecule has 77 heavy (non-hydrogen) atoms. The standard InChI is InChI=1S/C51H73N17O9/c1-27-21-33(71)22-28(2)35(27)25-42(68-46(75)40(23-30-14-16-32(70)17-15-30)66-44(73)38(63-29(3)69)12-7-19-60-50(55)56)48(77)65-39(13-8-20-61-51(57)58)45(74)67-41(24-31-26-62-36-10-5-4-9-34(31)36)47(76)64-37(43(52)72)11-6-18-59-49(53)54/h4-5,9-10,14-17,21-22,26,37-42,62,70-71H,6-8,11-13,18-20,23-25H2,1-3H3,(H2,52,72)(H,63,69)(H,64,76)(H,65,77)(H,66,73)(H,67,74)(H,68,75)(H4,53,54,59)(H4,55,56,60)(H4,57,58,61)/t37-,38-,39-,40-,41-,42-/m0/s1. The summed E-state index contributed by atoms with van der Waals surface area (Å²) in [7, 11) is 0. The molecule has 0 unspecified atom stereocenters. The number of hydrogen-bond acceptors (Lipinski definition) is 12. The second kappa shape index (κ2) is 29.7. The molecule has 7 amide bonds. The number of benzene rings is 3. The largest absolute Gasteiger partial charge is 0.508 e. The molecule has 4 aromatic rings. The van der Waals surface area contributed by atoms with E-state index in [1.54, 1.807) is 26.1 Å². The van der Waals surface area contributed by atoms with Crippen LogP contribution >= 0.6 is 0 Å². The van der Waals surface area contributed by atoms with Crippen LogP contribution < -0.4 is 72.0 Å². The molecule has 1 aromatic heterocycles. The van der Waals surface area contributed by atoms with Gasteiger partial charge in [0.25, 0.3) is 0 Å². The van der Waals surface area contributed by atoms with E-state index in [-0.39, 0.29) is 107 Å². The third-order valence-corrected chi connectivity index (χ3v) is 12.3. The number of primary amides is 1. The Bertz CT molecular complexity index is 2760. The zero-order valence-corrected chi connectivity index (χ0v) is 43.4. The van der Waals surface area contributed by atoms with Crippen molar-refractivity contribution in [3.63, 3.8) is 0 Å². The molecule has 0 aliphatic rings. The SMILES string of the molecule is CC(=O)N[C@@H](CCCN=C(N)N)C(=O)N[C@@H](Cc1ccc(O)cc1)C(=O)N[C@@H](Cc1c(C)cc(O)cc1C)C(=O)N[C@@H](CCCN=C(N)N)C(=O)N[C@@H](Cc1c[nH]c2ccccc12)C(=O)N[C@@H](CCCN=C(N)N)C(N)=O. The Labute approximate surface area is 445 Å². The third kappa shape index (κ3) is 20.3. The highest BCUT2D eigenvalue weighted by Gasteiger charge is 2.34. The number of fused-ring (bicyclic) bond motifs is 1. The van der Waals surface area contributed by atoms with Gasteiger partial charge < -0.3 is 87.2 Å². The van der Waals surface area contributed by atoms with Crippen LogP contribution in [-0.4, -0.2) is 130 Å². The molecular formula is C51H73N17O9. The van der Waals surface area contributed by atoms with Crippen LogP contribution in [0.4, 0.5) is 0 Å². The van der Waals surface area contributed by atoms with Crippen molar-refractivity contribution in [2.45, 2.75) is 115 Å². The lowest BCUT2D eigenvalue weighted by molar-refractivity contribution is -0.135. The molecule has 26 nitrogen and oxygen atoms in total. The van der Waals surface area contributed by atoms with Gasteiger partial charge in [0.2, 0.25) is 41.4 Å². The number of amides is 7. The predicted molar refractivity (Wildman–Crippen MR) is 291 cm³/mol. The van der Waals surface area contributed by atoms with Crippen molar-refractivity contribution in [2.75, 3.05) is 19.6 Å². The van der Waals surface area contributed by atoms with E-state index in [1.165, 1.54) is 43.3 Å². The number of H-pyrrole nitrogens is 1. The number of aliphatic imine (C=N–C) groups is 3. The highest BCUT2D eigenvalue weighted by Crippen LogP contribution is 2.23. The van der Waals surface area contributed by atoms with Crippen molar-refractivity contribution >= 4 is 70.1 Å². The number of aryl methyl sites for hydroxylation is 2. The minimum absolute atomic E-state index is 0.0276. The van der Waals surface area contributed by atoms with E-state index in [0.717, 1.165) is 10.9 Å². The van der Waals surface area contributed by atoms with Crippen LogP contribution in [0.25, 0.3) is 10.9 Å². The minimum Gasteiger partial charge on any atom is -0.508 e. The summed E-state index contributed by atoms with van der Waals surface area (Å²) in [6.07, 6.45) is 1.92. The number of nitrogens with two attached hydrogens (primary N) is 7. The lowest BCUT2D eigenvalue weighted by atomic mass is 9.94. The summed E-state index contributed by atoms with van der Waals surface area (Å²) in [6, 6.07) is 8.08. The number of carbonyl (C=O) groups is 7. The highest BCUT2D eigenvalue weighted by atomic mass is 16.3. The molecule has 26 heteroatoms. The van der Waals surface area contributed by atoms with Crippen molar-refractivity contribution in [1.82, 2.24) is 36.9 Å². The van der Waals surface area contributed by atoms with Crippen LogP contribution in [0.5, 0.6) is 11.5 Å². The fourth-order valence-electron chi connectivity index (χ4n) is 8.45. The number of phenolic OH excluding ortho intramolecular Hbond substituents is 2. The van der Waals surface area contributed by atoms with Crippen molar-refractivity contribution in [2.24, 2.45) is 55.1 Å². The van der Waals surface area contributed by atoms with E-state index < -0.39 is 77.6 Å². The lowest BCUT2D eigenvalue weighted by Gasteiger charge is -2.28. The summed E-state index contributed by atoms with van der Waals surface area (Å²) < 4.78 is 0. The van der Waals surface area contributed by atoms with Crippen LogP contribution in [-0.2, 0) is 52.8 Å². The fraction of sp³-hybridized carbons (Fsp3) is 0.412. The van der Waals surface area contributed by atoms with Gasteiger partial charge in [-0.25, -0.2) is 0 Å². The summed E-state index contributed by atoms with van der Waals surface area (Å²) in [6.45, 7) is 4.93. The normalized spacial score (nSPS) is 13.2. The van der Waals surface area contributed by atoms with Gasteiger partial charge in [-0.15, -0.1) is 0 Å². The molecule has 416 valence electrons. The summed E-state index contributed by atoms with van der Waals surface area (Å²) >= 11 is 0. The number of nitrogens with zero attached hydrogens (tertiary/aromatic N) is 3. The van der Waals surface area contributed by atoms with Gasteiger partial charge in [0.1, 0.15) is 47.8 Å². The van der Waals surface area contributed by atoms with E-state index in [2.05, 4.69) is 51.9 Å². The van der Waals surface area contributed by atoms with E-state index in [0.29, 0.717) is 27.8 Å². The molecule has 0 bridgehead atoms. The Morgan fingerprint density at radius 1 is 0.519 bits per heavy atom. The first-order valence-corrected chi connectivity index (χ1v) is 24.9. The van der Waals surface area contributed by atoms with E-state index in [4.69, 9.17) is 40.1 Å². The Morgan fingerprint density at radius 3 is 1.42 bits per heavy atom. The van der Waals surface area contributed by atoms with Crippen LogP contribution in [0.1, 0.15) is 73.3 Å². The quantitative estimate of drug-likeness (QED) is 0.0150.